The molecule has 1 aliphatic heterocycles. The molecule has 150 valence electrons. The minimum absolute atomic E-state index is 0.0405. The van der Waals surface area contributed by atoms with E-state index in [1.165, 1.54) is 4.88 Å². The largest absolute Gasteiger partial charge is 0.492 e. The number of nitrogens with one attached hydrogen (secondary N) is 1. The molecule has 0 spiro atoms. The number of carbonyl (C=O) groups excluding carboxylic acids is 1. The van der Waals surface area contributed by atoms with E-state index in [1.54, 1.807) is 11.3 Å². The standard InChI is InChI=1S/C22H22N2O4S/c1-12-6-7-15-17(8-12)29-21-19(15)20(25)23-18(24-21)11-28-22(26)14-9-13-4-2-3-5-16(13)27-10-14/h2-5,12,14H,6-11H2,1H3,(H,23,24,25)/t12-,14+/m1/s1. The molecule has 5 rings (SSSR count). The van der Waals surface area contributed by atoms with E-state index in [9.17, 15) is 9.59 Å². The molecule has 0 radical (unpaired) electrons. The van der Waals surface area contributed by atoms with Crippen molar-refractivity contribution >= 4 is 27.5 Å². The average Bonchev–Trinajstić information content (AvgIpc) is 3.09. The number of esters is 1. The molecule has 29 heavy (non-hydrogen) atoms. The maximum absolute atomic E-state index is 12.6. The smallest absolute Gasteiger partial charge is 0.313 e. The summed E-state index contributed by atoms with van der Waals surface area (Å²) >= 11 is 1.59. The zero-order chi connectivity index (χ0) is 20.0. The molecule has 1 aromatic carbocycles. The zero-order valence-corrected chi connectivity index (χ0v) is 17.0. The number of aromatic nitrogens is 2. The number of hydrogen-bond donors (Lipinski definition) is 1. The normalized spacial score (nSPS) is 20.6. The van der Waals surface area contributed by atoms with E-state index in [2.05, 4.69) is 16.9 Å². The molecule has 6 nitrogen and oxygen atoms in total. The molecule has 0 bridgehead atoms. The fraction of sp³-hybridized carbons (Fsp3) is 0.409. The molecule has 2 aliphatic rings. The monoisotopic (exact) mass is 410 g/mol. The topological polar surface area (TPSA) is 81.3 Å². The Kier molecular flexibility index (Phi) is 4.62. The fourth-order valence-electron chi connectivity index (χ4n) is 4.20. The molecule has 0 saturated heterocycles. The van der Waals surface area contributed by atoms with Crippen LogP contribution in [0.1, 0.15) is 35.2 Å². The molecular weight excluding hydrogens is 388 g/mol. The van der Waals surface area contributed by atoms with Crippen LogP contribution in [0.2, 0.25) is 0 Å². The number of rotatable bonds is 3. The van der Waals surface area contributed by atoms with Crippen LogP contribution in [0.4, 0.5) is 0 Å². The number of benzene rings is 1. The van der Waals surface area contributed by atoms with Crippen LogP contribution in [0.5, 0.6) is 5.75 Å². The third-order valence-electron chi connectivity index (χ3n) is 5.78. The van der Waals surface area contributed by atoms with Crippen molar-refractivity contribution in [2.75, 3.05) is 6.61 Å². The van der Waals surface area contributed by atoms with Gasteiger partial charge in [0.15, 0.2) is 0 Å². The Balaban J connectivity index is 1.31. The lowest BCUT2D eigenvalue weighted by atomic mass is 9.89. The number of carbonyl (C=O) groups is 1. The molecule has 0 amide bonds. The first-order valence-corrected chi connectivity index (χ1v) is 10.8. The Labute approximate surface area is 171 Å². The number of ether oxygens (including phenoxy) is 2. The molecule has 0 saturated carbocycles. The lowest BCUT2D eigenvalue weighted by Gasteiger charge is -2.23. The number of aromatic amines is 1. The van der Waals surface area contributed by atoms with Crippen molar-refractivity contribution in [2.24, 2.45) is 11.8 Å². The van der Waals surface area contributed by atoms with Crippen LogP contribution in [0, 0.1) is 11.8 Å². The summed E-state index contributed by atoms with van der Waals surface area (Å²) in [6, 6.07) is 7.71. The Morgan fingerprint density at radius 1 is 1.34 bits per heavy atom. The minimum atomic E-state index is -0.351. The van der Waals surface area contributed by atoms with Gasteiger partial charge in [-0.15, -0.1) is 11.3 Å². The lowest BCUT2D eigenvalue weighted by molar-refractivity contribution is -0.151. The van der Waals surface area contributed by atoms with Gasteiger partial charge in [-0.3, -0.25) is 9.59 Å². The number of hydrogen-bond acceptors (Lipinski definition) is 6. The molecule has 7 heteroatoms. The van der Waals surface area contributed by atoms with Gasteiger partial charge in [-0.05, 0) is 48.8 Å². The highest BCUT2D eigenvalue weighted by molar-refractivity contribution is 7.18. The van der Waals surface area contributed by atoms with E-state index in [4.69, 9.17) is 9.47 Å². The van der Waals surface area contributed by atoms with Gasteiger partial charge in [0.25, 0.3) is 5.56 Å². The lowest BCUT2D eigenvalue weighted by Crippen LogP contribution is -2.30. The van der Waals surface area contributed by atoms with Gasteiger partial charge in [0.05, 0.1) is 11.3 Å². The first kappa shape index (κ1) is 18.4. The molecule has 0 unspecified atom stereocenters. The molecule has 1 aliphatic carbocycles. The molecule has 3 aromatic rings. The van der Waals surface area contributed by atoms with Gasteiger partial charge in [0.2, 0.25) is 0 Å². The van der Waals surface area contributed by atoms with Gasteiger partial charge in [-0.1, -0.05) is 25.1 Å². The zero-order valence-electron chi connectivity index (χ0n) is 16.2. The first-order chi connectivity index (χ1) is 14.1. The summed E-state index contributed by atoms with van der Waals surface area (Å²) < 4.78 is 11.1. The number of thiophene rings is 1. The summed E-state index contributed by atoms with van der Waals surface area (Å²) in [6.45, 7) is 2.50. The van der Waals surface area contributed by atoms with E-state index in [-0.39, 0.29) is 24.1 Å². The fourth-order valence-corrected chi connectivity index (χ4v) is 5.60. The predicted octanol–water partition coefficient (Wildman–Crippen LogP) is 3.40. The molecule has 2 aromatic heterocycles. The second-order valence-electron chi connectivity index (χ2n) is 7.97. The van der Waals surface area contributed by atoms with Crippen LogP contribution in [0.15, 0.2) is 29.1 Å². The van der Waals surface area contributed by atoms with Gasteiger partial charge >= 0.3 is 5.97 Å². The Morgan fingerprint density at radius 2 is 2.21 bits per heavy atom. The first-order valence-electron chi connectivity index (χ1n) is 9.99. The Hall–Kier alpha value is -2.67. The van der Waals surface area contributed by atoms with Gasteiger partial charge in [0, 0.05) is 4.88 Å². The number of para-hydroxylation sites is 1. The summed E-state index contributed by atoms with van der Waals surface area (Å²) in [5.74, 6) is 1.17. The van der Waals surface area contributed by atoms with Crippen molar-refractivity contribution in [1.82, 2.24) is 9.97 Å². The number of nitrogens with zero attached hydrogens (tertiary/aromatic N) is 1. The molecule has 3 heterocycles. The van der Waals surface area contributed by atoms with Crippen LogP contribution in [0.25, 0.3) is 10.2 Å². The number of aryl methyl sites for hydroxylation is 1. The minimum Gasteiger partial charge on any atom is -0.492 e. The molecule has 2 atom stereocenters. The summed E-state index contributed by atoms with van der Waals surface area (Å²) in [7, 11) is 0. The van der Waals surface area contributed by atoms with Crippen LogP contribution < -0.4 is 10.3 Å². The van der Waals surface area contributed by atoms with Crippen molar-refractivity contribution < 1.29 is 14.3 Å². The van der Waals surface area contributed by atoms with Crippen molar-refractivity contribution in [3.05, 3.63) is 56.4 Å². The van der Waals surface area contributed by atoms with Crippen LogP contribution in [-0.4, -0.2) is 22.5 Å². The number of fused-ring (bicyclic) bond motifs is 4. The second-order valence-corrected chi connectivity index (χ2v) is 9.06. The SMILES string of the molecule is C[C@@H]1CCc2c(sc3nc(COC(=O)[C@@H]4COc5ccccc5C4)[nH]c(=O)c23)C1. The highest BCUT2D eigenvalue weighted by Crippen LogP contribution is 2.35. The summed E-state index contributed by atoms with van der Waals surface area (Å²) in [4.78, 5) is 34.5. The summed E-state index contributed by atoms with van der Waals surface area (Å²) in [6.07, 6.45) is 3.63. The van der Waals surface area contributed by atoms with Crippen LogP contribution in [0.3, 0.4) is 0 Å². The highest BCUT2D eigenvalue weighted by atomic mass is 32.1. The third-order valence-corrected chi connectivity index (χ3v) is 6.93. The van der Waals surface area contributed by atoms with E-state index in [1.807, 2.05) is 24.3 Å². The molecule has 0 fully saturated rings. The van der Waals surface area contributed by atoms with Gasteiger partial charge in [0.1, 0.15) is 29.6 Å². The summed E-state index contributed by atoms with van der Waals surface area (Å²) in [5, 5.41) is 0.712. The van der Waals surface area contributed by atoms with Gasteiger partial charge in [-0.2, -0.15) is 0 Å². The molecule has 1 N–H and O–H groups in total. The van der Waals surface area contributed by atoms with Gasteiger partial charge < -0.3 is 14.5 Å². The quantitative estimate of drug-likeness (QED) is 0.670. The molecular formula is C22H22N2O4S. The van der Waals surface area contributed by atoms with E-state index < -0.39 is 0 Å². The maximum atomic E-state index is 12.6. The van der Waals surface area contributed by atoms with Crippen molar-refractivity contribution in [2.45, 2.75) is 39.2 Å². The Morgan fingerprint density at radius 3 is 3.10 bits per heavy atom. The Bertz CT molecular complexity index is 1150. The van der Waals surface area contributed by atoms with Crippen LogP contribution in [-0.2, 0) is 35.4 Å². The van der Waals surface area contributed by atoms with E-state index >= 15 is 0 Å². The predicted molar refractivity (Wildman–Crippen MR) is 110 cm³/mol. The average molecular weight is 410 g/mol. The highest BCUT2D eigenvalue weighted by Gasteiger charge is 2.28. The third kappa shape index (κ3) is 3.44. The summed E-state index contributed by atoms with van der Waals surface area (Å²) in [5.41, 5.74) is 2.02. The number of H-pyrrole nitrogens is 1. The van der Waals surface area contributed by atoms with Crippen LogP contribution >= 0.6 is 11.3 Å². The second kappa shape index (κ2) is 7.30. The van der Waals surface area contributed by atoms with Crippen molar-refractivity contribution in [1.29, 1.82) is 0 Å². The van der Waals surface area contributed by atoms with Crippen molar-refractivity contribution in [3.63, 3.8) is 0 Å². The van der Waals surface area contributed by atoms with Crippen molar-refractivity contribution in [3.8, 4) is 5.75 Å². The maximum Gasteiger partial charge on any atom is 0.313 e. The van der Waals surface area contributed by atoms with Gasteiger partial charge in [-0.25, -0.2) is 4.98 Å². The van der Waals surface area contributed by atoms with E-state index in [0.29, 0.717) is 30.2 Å². The van der Waals surface area contributed by atoms with E-state index in [0.717, 1.165) is 41.0 Å².